The number of nitrogens with one attached hydrogen (secondary N) is 1. The summed E-state index contributed by atoms with van der Waals surface area (Å²) in [5.74, 6) is 0.775. The van der Waals surface area contributed by atoms with Gasteiger partial charge >= 0.3 is 0 Å². The van der Waals surface area contributed by atoms with Crippen molar-refractivity contribution in [3.63, 3.8) is 0 Å². The smallest absolute Gasteiger partial charge is 0.280 e. The second-order valence-electron chi connectivity index (χ2n) is 7.48. The molecule has 0 amide bonds. The molecular formula is C17H27N3O3S. The lowest BCUT2D eigenvalue weighted by Gasteiger charge is -2.39. The molecule has 0 aromatic heterocycles. The summed E-state index contributed by atoms with van der Waals surface area (Å²) in [5, 5.41) is 0. The van der Waals surface area contributed by atoms with Gasteiger partial charge in [-0.15, -0.1) is 0 Å². The third-order valence-electron chi connectivity index (χ3n) is 4.72. The van der Waals surface area contributed by atoms with E-state index >= 15 is 0 Å². The van der Waals surface area contributed by atoms with Crippen molar-refractivity contribution >= 4 is 10.2 Å². The van der Waals surface area contributed by atoms with Crippen LogP contribution in [0.5, 0.6) is 5.75 Å². The SMILES string of the molecule is Cc1ccc2c(c1)OC(C)(C)C[C@H]2NS(=O)(=O)N1CCN(C)CC1. The maximum atomic E-state index is 12.8. The van der Waals surface area contributed by atoms with E-state index in [1.54, 1.807) is 4.31 Å². The molecule has 1 N–H and O–H groups in total. The predicted octanol–water partition coefficient (Wildman–Crippen LogP) is 1.68. The van der Waals surface area contributed by atoms with Gasteiger partial charge in [-0.1, -0.05) is 12.1 Å². The first-order valence-electron chi connectivity index (χ1n) is 8.42. The maximum absolute atomic E-state index is 12.8. The molecule has 1 aromatic rings. The Balaban J connectivity index is 1.84. The molecule has 2 aliphatic rings. The summed E-state index contributed by atoms with van der Waals surface area (Å²) in [4.78, 5) is 2.14. The number of aryl methyl sites for hydroxylation is 1. The van der Waals surface area contributed by atoms with Gasteiger partial charge in [-0.2, -0.15) is 17.4 Å². The molecule has 1 fully saturated rings. The van der Waals surface area contributed by atoms with Crippen LogP contribution in [-0.2, 0) is 10.2 Å². The minimum atomic E-state index is -3.51. The minimum Gasteiger partial charge on any atom is -0.487 e. The molecule has 3 rings (SSSR count). The second kappa shape index (κ2) is 6.29. The molecule has 0 bridgehead atoms. The Morgan fingerprint density at radius 2 is 1.88 bits per heavy atom. The normalized spacial score (nSPS) is 25.1. The third kappa shape index (κ3) is 3.74. The zero-order valence-electron chi connectivity index (χ0n) is 14.9. The van der Waals surface area contributed by atoms with Gasteiger partial charge in [-0.05, 0) is 39.4 Å². The Labute approximate surface area is 145 Å². The first-order valence-corrected chi connectivity index (χ1v) is 9.86. The molecule has 0 aliphatic carbocycles. The van der Waals surface area contributed by atoms with Crippen molar-refractivity contribution in [3.8, 4) is 5.75 Å². The zero-order chi connectivity index (χ0) is 17.5. The Bertz CT molecular complexity index is 710. The van der Waals surface area contributed by atoms with Crippen LogP contribution >= 0.6 is 0 Å². The van der Waals surface area contributed by atoms with E-state index in [0.717, 1.165) is 30.0 Å². The first-order chi connectivity index (χ1) is 11.2. The Kier molecular flexibility index (Phi) is 4.63. The van der Waals surface area contributed by atoms with Crippen LogP contribution in [-0.4, -0.2) is 56.5 Å². The molecule has 134 valence electrons. The highest BCUT2D eigenvalue weighted by atomic mass is 32.2. The van der Waals surface area contributed by atoms with Gasteiger partial charge in [0, 0.05) is 38.2 Å². The average molecular weight is 353 g/mol. The summed E-state index contributed by atoms with van der Waals surface area (Å²) in [5.41, 5.74) is 1.61. The molecule has 0 radical (unpaired) electrons. The van der Waals surface area contributed by atoms with Crippen molar-refractivity contribution in [2.45, 2.75) is 38.8 Å². The van der Waals surface area contributed by atoms with Crippen molar-refractivity contribution in [1.29, 1.82) is 0 Å². The Hall–Kier alpha value is -1.15. The first kappa shape index (κ1) is 17.7. The standard InChI is InChI=1S/C17H27N3O3S/c1-13-5-6-14-15(12-17(2,3)23-16(14)11-13)18-24(21,22)20-9-7-19(4)8-10-20/h5-6,11,15,18H,7-10,12H2,1-4H3/t15-/m1/s1. The van der Waals surface area contributed by atoms with E-state index in [4.69, 9.17) is 4.74 Å². The largest absolute Gasteiger partial charge is 0.487 e. The summed E-state index contributed by atoms with van der Waals surface area (Å²) >= 11 is 0. The third-order valence-corrected chi connectivity index (χ3v) is 6.35. The van der Waals surface area contributed by atoms with Crippen molar-refractivity contribution < 1.29 is 13.2 Å². The van der Waals surface area contributed by atoms with E-state index in [0.29, 0.717) is 19.5 Å². The lowest BCUT2D eigenvalue weighted by molar-refractivity contribution is 0.0697. The fourth-order valence-electron chi connectivity index (χ4n) is 3.35. The number of nitrogens with zero attached hydrogens (tertiary/aromatic N) is 2. The number of benzene rings is 1. The van der Waals surface area contributed by atoms with Crippen molar-refractivity contribution in [2.75, 3.05) is 33.2 Å². The van der Waals surface area contributed by atoms with Gasteiger partial charge in [0.2, 0.25) is 0 Å². The zero-order valence-corrected chi connectivity index (χ0v) is 15.7. The van der Waals surface area contributed by atoms with Crippen LogP contribution in [0.15, 0.2) is 18.2 Å². The lowest BCUT2D eigenvalue weighted by atomic mass is 9.90. The van der Waals surface area contributed by atoms with Crippen LogP contribution in [0, 0.1) is 6.92 Å². The fourth-order valence-corrected chi connectivity index (χ4v) is 4.71. The number of fused-ring (bicyclic) bond motifs is 1. The van der Waals surface area contributed by atoms with Gasteiger partial charge in [-0.25, -0.2) is 0 Å². The minimum absolute atomic E-state index is 0.269. The van der Waals surface area contributed by atoms with Crippen LogP contribution in [0.3, 0.4) is 0 Å². The van der Waals surface area contributed by atoms with E-state index in [9.17, 15) is 8.42 Å². The number of rotatable bonds is 3. The van der Waals surface area contributed by atoms with E-state index < -0.39 is 15.8 Å². The van der Waals surface area contributed by atoms with E-state index in [1.807, 2.05) is 46.0 Å². The summed E-state index contributed by atoms with van der Waals surface area (Å²) in [6.07, 6.45) is 0.607. The molecule has 7 heteroatoms. The molecule has 0 spiro atoms. The van der Waals surface area contributed by atoms with Crippen LogP contribution in [0.1, 0.15) is 37.4 Å². The average Bonchev–Trinajstić information content (AvgIpc) is 2.45. The summed E-state index contributed by atoms with van der Waals surface area (Å²) in [6.45, 7) is 8.57. The summed E-state index contributed by atoms with van der Waals surface area (Å²) in [7, 11) is -1.50. The summed E-state index contributed by atoms with van der Waals surface area (Å²) in [6, 6.07) is 5.68. The van der Waals surface area contributed by atoms with Crippen LogP contribution < -0.4 is 9.46 Å². The molecule has 1 saturated heterocycles. The molecule has 2 heterocycles. The van der Waals surface area contributed by atoms with E-state index in [2.05, 4.69) is 9.62 Å². The van der Waals surface area contributed by atoms with E-state index in [-0.39, 0.29) is 6.04 Å². The number of hydrogen-bond donors (Lipinski definition) is 1. The van der Waals surface area contributed by atoms with Crippen molar-refractivity contribution in [3.05, 3.63) is 29.3 Å². The maximum Gasteiger partial charge on any atom is 0.280 e. The molecule has 0 unspecified atom stereocenters. The highest BCUT2D eigenvalue weighted by Gasteiger charge is 2.37. The predicted molar refractivity (Wildman–Crippen MR) is 94.4 cm³/mol. The van der Waals surface area contributed by atoms with Crippen LogP contribution in [0.2, 0.25) is 0 Å². The van der Waals surface area contributed by atoms with Crippen LogP contribution in [0.4, 0.5) is 0 Å². The Morgan fingerprint density at radius 1 is 1.21 bits per heavy atom. The van der Waals surface area contributed by atoms with Gasteiger partial charge in [-0.3, -0.25) is 0 Å². The van der Waals surface area contributed by atoms with Gasteiger partial charge in [0.25, 0.3) is 10.2 Å². The monoisotopic (exact) mass is 353 g/mol. The lowest BCUT2D eigenvalue weighted by Crippen LogP contribution is -2.52. The van der Waals surface area contributed by atoms with Gasteiger partial charge in [0.1, 0.15) is 11.4 Å². The molecule has 0 saturated carbocycles. The van der Waals surface area contributed by atoms with Crippen LogP contribution in [0.25, 0.3) is 0 Å². The quantitative estimate of drug-likeness (QED) is 0.898. The number of piperazine rings is 1. The van der Waals surface area contributed by atoms with Gasteiger partial charge in [0.05, 0.1) is 6.04 Å². The molecule has 24 heavy (non-hydrogen) atoms. The van der Waals surface area contributed by atoms with Crippen molar-refractivity contribution in [1.82, 2.24) is 13.9 Å². The Morgan fingerprint density at radius 3 is 2.54 bits per heavy atom. The highest BCUT2D eigenvalue weighted by molar-refractivity contribution is 7.87. The number of hydrogen-bond acceptors (Lipinski definition) is 4. The molecular weight excluding hydrogens is 326 g/mol. The second-order valence-corrected chi connectivity index (χ2v) is 9.19. The number of likely N-dealkylation sites (N-methyl/N-ethyl adjacent to an activating group) is 1. The highest BCUT2D eigenvalue weighted by Crippen LogP contribution is 2.40. The van der Waals surface area contributed by atoms with Crippen molar-refractivity contribution in [2.24, 2.45) is 0 Å². The van der Waals surface area contributed by atoms with Gasteiger partial charge in [0.15, 0.2) is 0 Å². The molecule has 6 nitrogen and oxygen atoms in total. The molecule has 1 aromatic carbocycles. The molecule has 2 aliphatic heterocycles. The van der Waals surface area contributed by atoms with E-state index in [1.165, 1.54) is 0 Å². The van der Waals surface area contributed by atoms with Gasteiger partial charge < -0.3 is 9.64 Å². The molecule has 1 atom stereocenters. The summed E-state index contributed by atoms with van der Waals surface area (Å²) < 4.78 is 36.1. The number of ether oxygens (including phenoxy) is 1. The fraction of sp³-hybridized carbons (Fsp3) is 0.647. The topological polar surface area (TPSA) is 61.9 Å².